The van der Waals surface area contributed by atoms with E-state index in [4.69, 9.17) is 10.2 Å². The van der Waals surface area contributed by atoms with Crippen LogP contribution in [0.15, 0.2) is 12.3 Å². The Labute approximate surface area is 55.8 Å². The van der Waals surface area contributed by atoms with E-state index in [9.17, 15) is 0 Å². The molecule has 0 rings (SSSR count). The summed E-state index contributed by atoms with van der Waals surface area (Å²) < 4.78 is 0. The smallest absolute Gasteiger partial charge is 0.0777 e. The summed E-state index contributed by atoms with van der Waals surface area (Å²) in [5, 5.41) is 17.1. The van der Waals surface area contributed by atoms with Crippen molar-refractivity contribution in [1.82, 2.24) is 0 Å². The largest absolute Gasteiger partial charge is 0.516 e. The van der Waals surface area contributed by atoms with Crippen LogP contribution in [0.1, 0.15) is 26.2 Å². The summed E-state index contributed by atoms with van der Waals surface area (Å²) in [6.07, 6.45) is 4.64. The molecule has 0 aromatic heterocycles. The normalized spacial score (nSPS) is 14.4. The molecular weight excluding hydrogens is 116 g/mol. The Hall–Kier alpha value is -0.500. The third-order valence-corrected chi connectivity index (χ3v) is 1.16. The minimum Gasteiger partial charge on any atom is -0.516 e. The number of hydrogen-bond acceptors (Lipinski definition) is 2. The van der Waals surface area contributed by atoms with Crippen LogP contribution in [0.25, 0.3) is 0 Å². The predicted molar refractivity (Wildman–Crippen MR) is 37.3 cm³/mol. The zero-order valence-electron chi connectivity index (χ0n) is 5.75. The van der Waals surface area contributed by atoms with Crippen molar-refractivity contribution in [3.05, 3.63) is 12.3 Å². The molecule has 0 aliphatic rings. The molecule has 0 bridgehead atoms. The standard InChI is InChI=1S/C7H14O2/c1-2-3-4-7(9)5-6-8/h5-9H,2-4H2,1H3. The Balaban J connectivity index is 3.15. The van der Waals surface area contributed by atoms with Gasteiger partial charge in [0.2, 0.25) is 0 Å². The number of hydrogen-bond donors (Lipinski definition) is 2. The Morgan fingerprint density at radius 3 is 2.67 bits per heavy atom. The first-order chi connectivity index (χ1) is 4.31. The molecule has 2 N–H and O–H groups in total. The van der Waals surface area contributed by atoms with E-state index in [1.165, 1.54) is 6.08 Å². The molecule has 0 aromatic rings. The summed E-state index contributed by atoms with van der Waals surface area (Å²) in [5.74, 6) is 0. The first-order valence-electron chi connectivity index (χ1n) is 3.30. The van der Waals surface area contributed by atoms with Gasteiger partial charge in [-0.2, -0.15) is 0 Å². The summed E-state index contributed by atoms with van der Waals surface area (Å²) in [5.41, 5.74) is 0. The zero-order chi connectivity index (χ0) is 7.11. The maximum absolute atomic E-state index is 8.93. The second-order valence-corrected chi connectivity index (χ2v) is 2.05. The van der Waals surface area contributed by atoms with Crippen LogP contribution >= 0.6 is 0 Å². The van der Waals surface area contributed by atoms with Gasteiger partial charge < -0.3 is 10.2 Å². The van der Waals surface area contributed by atoms with Crippen molar-refractivity contribution >= 4 is 0 Å². The first-order valence-corrected chi connectivity index (χ1v) is 3.30. The van der Waals surface area contributed by atoms with Crippen molar-refractivity contribution in [3.63, 3.8) is 0 Å². The minimum atomic E-state index is -0.463. The Kier molecular flexibility index (Phi) is 5.32. The summed E-state index contributed by atoms with van der Waals surface area (Å²) in [4.78, 5) is 0. The van der Waals surface area contributed by atoms with Crippen molar-refractivity contribution in [2.45, 2.75) is 32.3 Å². The van der Waals surface area contributed by atoms with E-state index in [1.54, 1.807) is 0 Å². The lowest BCUT2D eigenvalue weighted by atomic mass is 10.2. The number of rotatable bonds is 4. The molecule has 0 fully saturated rings. The molecule has 0 saturated carbocycles. The molecule has 0 spiro atoms. The number of aliphatic hydroxyl groups is 2. The highest BCUT2D eigenvalue weighted by Crippen LogP contribution is 2.00. The zero-order valence-corrected chi connectivity index (χ0v) is 5.75. The molecule has 0 aromatic carbocycles. The van der Waals surface area contributed by atoms with Crippen LogP contribution in [0.4, 0.5) is 0 Å². The van der Waals surface area contributed by atoms with E-state index < -0.39 is 6.10 Å². The highest BCUT2D eigenvalue weighted by Gasteiger charge is 1.95. The summed E-state index contributed by atoms with van der Waals surface area (Å²) in [6, 6.07) is 0. The number of aliphatic hydroxyl groups excluding tert-OH is 2. The van der Waals surface area contributed by atoms with Gasteiger partial charge in [-0.25, -0.2) is 0 Å². The monoisotopic (exact) mass is 130 g/mol. The van der Waals surface area contributed by atoms with Crippen molar-refractivity contribution in [2.24, 2.45) is 0 Å². The Bertz CT molecular complexity index is 79.0. The van der Waals surface area contributed by atoms with E-state index in [0.717, 1.165) is 25.5 Å². The van der Waals surface area contributed by atoms with Crippen molar-refractivity contribution in [3.8, 4) is 0 Å². The number of unbranched alkanes of at least 4 members (excludes halogenated alkanes) is 1. The van der Waals surface area contributed by atoms with Gasteiger partial charge in [0, 0.05) is 0 Å². The van der Waals surface area contributed by atoms with Gasteiger partial charge in [-0.05, 0) is 12.5 Å². The lowest BCUT2D eigenvalue weighted by molar-refractivity contribution is 0.206. The molecule has 1 atom stereocenters. The second kappa shape index (κ2) is 5.63. The van der Waals surface area contributed by atoms with Gasteiger partial charge in [-0.15, -0.1) is 0 Å². The summed E-state index contributed by atoms with van der Waals surface area (Å²) in [7, 11) is 0. The maximum atomic E-state index is 8.93. The van der Waals surface area contributed by atoms with E-state index in [-0.39, 0.29) is 0 Å². The first kappa shape index (κ1) is 8.50. The van der Waals surface area contributed by atoms with Gasteiger partial charge in [0.25, 0.3) is 0 Å². The lowest BCUT2D eigenvalue weighted by Crippen LogP contribution is -2.00. The van der Waals surface area contributed by atoms with Gasteiger partial charge in [-0.1, -0.05) is 19.8 Å². The molecule has 54 valence electrons. The molecule has 2 nitrogen and oxygen atoms in total. The SMILES string of the molecule is CCCCC(O)C=CO. The van der Waals surface area contributed by atoms with Crippen LogP contribution in [0, 0.1) is 0 Å². The Morgan fingerprint density at radius 2 is 2.22 bits per heavy atom. The fourth-order valence-electron chi connectivity index (χ4n) is 0.609. The summed E-state index contributed by atoms with van der Waals surface area (Å²) in [6.45, 7) is 2.06. The molecule has 9 heavy (non-hydrogen) atoms. The topological polar surface area (TPSA) is 40.5 Å². The van der Waals surface area contributed by atoms with Crippen LogP contribution in [0.3, 0.4) is 0 Å². The molecule has 0 aliphatic carbocycles. The van der Waals surface area contributed by atoms with Gasteiger partial charge in [0.1, 0.15) is 0 Å². The minimum absolute atomic E-state index is 0.463. The van der Waals surface area contributed by atoms with E-state index >= 15 is 0 Å². The van der Waals surface area contributed by atoms with Gasteiger partial charge in [-0.3, -0.25) is 0 Å². The fourth-order valence-corrected chi connectivity index (χ4v) is 0.609. The van der Waals surface area contributed by atoms with Gasteiger partial charge in [0.15, 0.2) is 0 Å². The summed E-state index contributed by atoms with van der Waals surface area (Å²) >= 11 is 0. The third-order valence-electron chi connectivity index (χ3n) is 1.16. The molecule has 1 unspecified atom stereocenters. The van der Waals surface area contributed by atoms with Crippen LogP contribution in [-0.2, 0) is 0 Å². The van der Waals surface area contributed by atoms with Gasteiger partial charge in [0.05, 0.1) is 12.4 Å². The van der Waals surface area contributed by atoms with E-state index in [1.807, 2.05) is 0 Å². The molecule has 0 aliphatic heterocycles. The van der Waals surface area contributed by atoms with E-state index in [2.05, 4.69) is 6.92 Å². The average Bonchev–Trinajstić information content (AvgIpc) is 1.85. The highest BCUT2D eigenvalue weighted by atomic mass is 16.3. The van der Waals surface area contributed by atoms with Crippen LogP contribution in [0.5, 0.6) is 0 Å². The van der Waals surface area contributed by atoms with Crippen molar-refractivity contribution in [1.29, 1.82) is 0 Å². The van der Waals surface area contributed by atoms with E-state index in [0.29, 0.717) is 0 Å². The van der Waals surface area contributed by atoms with Crippen molar-refractivity contribution < 1.29 is 10.2 Å². The van der Waals surface area contributed by atoms with Crippen LogP contribution < -0.4 is 0 Å². The van der Waals surface area contributed by atoms with Crippen molar-refractivity contribution in [2.75, 3.05) is 0 Å². The lowest BCUT2D eigenvalue weighted by Gasteiger charge is -2.00. The predicted octanol–water partition coefficient (Wildman–Crippen LogP) is 1.61. The quantitative estimate of drug-likeness (QED) is 0.567. The molecule has 0 amide bonds. The molecule has 2 heteroatoms. The average molecular weight is 130 g/mol. The Morgan fingerprint density at radius 1 is 1.56 bits per heavy atom. The molecule has 0 radical (unpaired) electrons. The second-order valence-electron chi connectivity index (χ2n) is 2.05. The van der Waals surface area contributed by atoms with Crippen LogP contribution in [-0.4, -0.2) is 16.3 Å². The maximum Gasteiger partial charge on any atom is 0.0777 e. The molecular formula is C7H14O2. The molecule has 0 heterocycles. The highest BCUT2D eigenvalue weighted by molar-refractivity contribution is 4.80. The van der Waals surface area contributed by atoms with Crippen LogP contribution in [0.2, 0.25) is 0 Å². The fraction of sp³-hybridized carbons (Fsp3) is 0.714. The third kappa shape index (κ3) is 5.37. The van der Waals surface area contributed by atoms with Gasteiger partial charge >= 0.3 is 0 Å². The molecule has 0 saturated heterocycles.